The van der Waals surface area contributed by atoms with Crippen molar-refractivity contribution in [3.63, 3.8) is 0 Å². The first-order chi connectivity index (χ1) is 11.1. The van der Waals surface area contributed by atoms with Crippen molar-refractivity contribution in [2.24, 2.45) is 0 Å². The number of hydrogen-bond donors (Lipinski definition) is 1. The van der Waals surface area contributed by atoms with Crippen LogP contribution < -0.4 is 0 Å². The topological polar surface area (TPSA) is 55.1 Å². The molecule has 0 unspecified atom stereocenters. The maximum absolute atomic E-state index is 10.8. The van der Waals surface area contributed by atoms with Crippen molar-refractivity contribution >= 4 is 12.0 Å². The van der Waals surface area contributed by atoms with E-state index in [1.807, 2.05) is 67.7 Å². The second-order valence-corrected chi connectivity index (χ2v) is 5.25. The van der Waals surface area contributed by atoms with Gasteiger partial charge in [0.05, 0.1) is 11.4 Å². The first-order valence-corrected chi connectivity index (χ1v) is 7.26. The number of nitrogens with zero attached hydrogens (tertiary/aromatic N) is 2. The molecule has 3 aromatic rings. The van der Waals surface area contributed by atoms with Crippen LogP contribution in [-0.2, 0) is 4.79 Å². The van der Waals surface area contributed by atoms with Gasteiger partial charge in [0.15, 0.2) is 0 Å². The Balaban J connectivity index is 2.10. The summed E-state index contributed by atoms with van der Waals surface area (Å²) in [6.07, 6.45) is 4.54. The van der Waals surface area contributed by atoms with Gasteiger partial charge in [0.25, 0.3) is 0 Å². The van der Waals surface area contributed by atoms with Crippen LogP contribution in [0.3, 0.4) is 0 Å². The molecule has 0 saturated heterocycles. The minimum Gasteiger partial charge on any atom is -0.478 e. The molecule has 0 atom stereocenters. The fourth-order valence-corrected chi connectivity index (χ4v) is 2.32. The molecule has 0 radical (unpaired) electrons. The molecule has 0 bridgehead atoms. The summed E-state index contributed by atoms with van der Waals surface area (Å²) in [6.45, 7) is 2.03. The van der Waals surface area contributed by atoms with Crippen LogP contribution in [0.1, 0.15) is 11.1 Å². The Kier molecular flexibility index (Phi) is 4.06. The first-order valence-electron chi connectivity index (χ1n) is 7.26. The van der Waals surface area contributed by atoms with Crippen LogP contribution in [-0.4, -0.2) is 20.9 Å². The second-order valence-electron chi connectivity index (χ2n) is 5.25. The van der Waals surface area contributed by atoms with Crippen molar-refractivity contribution in [3.8, 4) is 16.9 Å². The van der Waals surface area contributed by atoms with E-state index in [2.05, 4.69) is 5.10 Å². The lowest BCUT2D eigenvalue weighted by Crippen LogP contribution is -1.93. The van der Waals surface area contributed by atoms with Gasteiger partial charge in [0.2, 0.25) is 0 Å². The van der Waals surface area contributed by atoms with E-state index in [0.29, 0.717) is 0 Å². The summed E-state index contributed by atoms with van der Waals surface area (Å²) in [5.41, 5.74) is 4.57. The van der Waals surface area contributed by atoms with Crippen LogP contribution in [0, 0.1) is 6.92 Å². The molecule has 0 aliphatic rings. The second kappa shape index (κ2) is 6.32. The number of para-hydroxylation sites is 1. The van der Waals surface area contributed by atoms with Crippen molar-refractivity contribution in [3.05, 3.63) is 78.0 Å². The third-order valence-electron chi connectivity index (χ3n) is 3.49. The highest BCUT2D eigenvalue weighted by atomic mass is 16.4. The van der Waals surface area contributed by atoms with E-state index >= 15 is 0 Å². The lowest BCUT2D eigenvalue weighted by Gasteiger charge is -2.01. The molecule has 1 N–H and O–H groups in total. The molecule has 114 valence electrons. The minimum atomic E-state index is -0.979. The predicted molar refractivity (Wildman–Crippen MR) is 90.4 cm³/mol. The molecule has 0 spiro atoms. The molecule has 4 heteroatoms. The Labute approximate surface area is 134 Å². The van der Waals surface area contributed by atoms with Crippen molar-refractivity contribution < 1.29 is 9.90 Å². The monoisotopic (exact) mass is 304 g/mol. The molecule has 0 fully saturated rings. The molecule has 2 aromatic carbocycles. The zero-order valence-electron chi connectivity index (χ0n) is 12.7. The summed E-state index contributed by atoms with van der Waals surface area (Å²) >= 11 is 0. The number of aromatic nitrogens is 2. The molecule has 0 aliphatic heterocycles. The smallest absolute Gasteiger partial charge is 0.328 e. The lowest BCUT2D eigenvalue weighted by atomic mass is 10.1. The summed E-state index contributed by atoms with van der Waals surface area (Å²) in [6, 6.07) is 17.7. The van der Waals surface area contributed by atoms with Gasteiger partial charge in [-0.1, -0.05) is 48.0 Å². The first kappa shape index (κ1) is 14.8. The number of carboxylic acids is 1. The maximum atomic E-state index is 10.8. The van der Waals surface area contributed by atoms with Gasteiger partial charge in [0, 0.05) is 23.4 Å². The maximum Gasteiger partial charge on any atom is 0.328 e. The highest BCUT2D eigenvalue weighted by molar-refractivity contribution is 5.87. The number of benzene rings is 2. The molecular formula is C19H16N2O2. The molecule has 0 amide bonds. The van der Waals surface area contributed by atoms with Crippen molar-refractivity contribution in [1.82, 2.24) is 9.78 Å². The molecular weight excluding hydrogens is 288 g/mol. The Morgan fingerprint density at radius 3 is 2.43 bits per heavy atom. The number of hydrogen-bond acceptors (Lipinski definition) is 2. The van der Waals surface area contributed by atoms with Gasteiger partial charge in [-0.15, -0.1) is 0 Å². The molecule has 0 aliphatic carbocycles. The third kappa shape index (κ3) is 3.37. The van der Waals surface area contributed by atoms with E-state index in [0.717, 1.165) is 28.6 Å². The average Bonchev–Trinajstić information content (AvgIpc) is 2.99. The summed E-state index contributed by atoms with van der Waals surface area (Å²) in [5.74, 6) is -0.979. The molecule has 4 nitrogen and oxygen atoms in total. The van der Waals surface area contributed by atoms with Gasteiger partial charge in [0.1, 0.15) is 0 Å². The highest BCUT2D eigenvalue weighted by Gasteiger charge is 2.10. The van der Waals surface area contributed by atoms with Crippen molar-refractivity contribution in [1.29, 1.82) is 0 Å². The molecule has 1 heterocycles. The molecule has 0 saturated carbocycles. The van der Waals surface area contributed by atoms with E-state index < -0.39 is 5.97 Å². The Morgan fingerprint density at radius 1 is 1.09 bits per heavy atom. The summed E-state index contributed by atoms with van der Waals surface area (Å²) < 4.78 is 1.76. The zero-order valence-corrected chi connectivity index (χ0v) is 12.7. The van der Waals surface area contributed by atoms with Crippen LogP contribution in [0.5, 0.6) is 0 Å². The van der Waals surface area contributed by atoms with Gasteiger partial charge < -0.3 is 5.11 Å². The fraction of sp³-hybridized carbons (Fsp3) is 0.0526. The van der Waals surface area contributed by atoms with Crippen LogP contribution in [0.4, 0.5) is 0 Å². The van der Waals surface area contributed by atoms with Crippen molar-refractivity contribution in [2.75, 3.05) is 0 Å². The lowest BCUT2D eigenvalue weighted by molar-refractivity contribution is -0.131. The number of carboxylic acid groups (broad SMARTS) is 1. The van der Waals surface area contributed by atoms with Crippen LogP contribution in [0.25, 0.3) is 23.0 Å². The summed E-state index contributed by atoms with van der Waals surface area (Å²) in [7, 11) is 0. The number of aryl methyl sites for hydroxylation is 1. The van der Waals surface area contributed by atoms with Gasteiger partial charge in [-0.25, -0.2) is 9.48 Å². The highest BCUT2D eigenvalue weighted by Crippen LogP contribution is 2.25. The third-order valence-corrected chi connectivity index (χ3v) is 3.49. The Hall–Kier alpha value is -3.14. The summed E-state index contributed by atoms with van der Waals surface area (Å²) in [5, 5.41) is 13.5. The van der Waals surface area contributed by atoms with Crippen LogP contribution in [0.15, 0.2) is 66.9 Å². The standard InChI is InChI=1S/C19H16N2O2/c1-14-7-9-15(10-8-14)19-16(11-12-18(22)23)13-21(20-19)17-5-3-2-4-6-17/h2-13H,1H3,(H,22,23)/b12-11+. The van der Waals surface area contributed by atoms with Crippen LogP contribution >= 0.6 is 0 Å². The van der Waals surface area contributed by atoms with E-state index in [9.17, 15) is 4.79 Å². The number of rotatable bonds is 4. The molecule has 1 aromatic heterocycles. The quantitative estimate of drug-likeness (QED) is 0.743. The Bertz CT molecular complexity index is 847. The molecule has 3 rings (SSSR count). The van der Waals surface area contributed by atoms with E-state index in [1.54, 1.807) is 10.8 Å². The fourth-order valence-electron chi connectivity index (χ4n) is 2.32. The van der Waals surface area contributed by atoms with E-state index in [-0.39, 0.29) is 0 Å². The van der Waals surface area contributed by atoms with E-state index in [4.69, 9.17) is 5.11 Å². The number of carbonyl (C=O) groups is 1. The zero-order chi connectivity index (χ0) is 16.2. The largest absolute Gasteiger partial charge is 0.478 e. The molecule has 23 heavy (non-hydrogen) atoms. The normalized spacial score (nSPS) is 11.0. The summed E-state index contributed by atoms with van der Waals surface area (Å²) in [4.78, 5) is 10.8. The van der Waals surface area contributed by atoms with Gasteiger partial charge >= 0.3 is 5.97 Å². The van der Waals surface area contributed by atoms with Gasteiger partial charge in [-0.05, 0) is 25.1 Å². The minimum absolute atomic E-state index is 0.756. The van der Waals surface area contributed by atoms with Crippen molar-refractivity contribution in [2.45, 2.75) is 6.92 Å². The SMILES string of the molecule is Cc1ccc(-c2nn(-c3ccccc3)cc2/C=C/C(=O)O)cc1. The van der Waals surface area contributed by atoms with E-state index in [1.165, 1.54) is 5.56 Å². The number of aliphatic carboxylic acids is 1. The van der Waals surface area contributed by atoms with Crippen LogP contribution in [0.2, 0.25) is 0 Å². The van der Waals surface area contributed by atoms with Gasteiger partial charge in [-0.3, -0.25) is 0 Å². The Morgan fingerprint density at radius 2 is 1.78 bits per heavy atom. The average molecular weight is 304 g/mol. The predicted octanol–water partition coefficient (Wildman–Crippen LogP) is 3.95. The van der Waals surface area contributed by atoms with Gasteiger partial charge in [-0.2, -0.15) is 5.10 Å².